The highest BCUT2D eigenvalue weighted by Crippen LogP contribution is 2.17. The molecule has 1 aliphatic heterocycles. The maximum Gasteiger partial charge on any atom is 0.115 e. The number of rotatable bonds is 6. The van der Waals surface area contributed by atoms with Crippen molar-refractivity contribution in [3.05, 3.63) is 29.8 Å². The van der Waals surface area contributed by atoms with Crippen LogP contribution in [0.1, 0.15) is 18.9 Å². The van der Waals surface area contributed by atoms with Crippen LogP contribution in [0.25, 0.3) is 0 Å². The molecule has 2 atom stereocenters. The molecular formula is C17H29N3O. The third-order valence-electron chi connectivity index (χ3n) is 4.42. The van der Waals surface area contributed by atoms with E-state index in [-0.39, 0.29) is 0 Å². The second-order valence-electron chi connectivity index (χ2n) is 6.26. The first kappa shape index (κ1) is 16.3. The van der Waals surface area contributed by atoms with Crippen LogP contribution in [-0.2, 0) is 6.42 Å². The minimum Gasteiger partial charge on any atom is -0.508 e. The van der Waals surface area contributed by atoms with Crippen molar-refractivity contribution in [2.45, 2.75) is 31.8 Å². The summed E-state index contributed by atoms with van der Waals surface area (Å²) < 4.78 is 0. The zero-order chi connectivity index (χ0) is 15.2. The molecule has 21 heavy (non-hydrogen) atoms. The third-order valence-corrected chi connectivity index (χ3v) is 4.42. The molecule has 2 rings (SSSR count). The monoisotopic (exact) mass is 291 g/mol. The lowest BCUT2D eigenvalue weighted by Crippen LogP contribution is -2.52. The number of likely N-dealkylation sites (N-methyl/N-ethyl adjacent to an activating group) is 3. The van der Waals surface area contributed by atoms with Crippen LogP contribution in [0, 0.1) is 0 Å². The summed E-state index contributed by atoms with van der Waals surface area (Å²) in [5.41, 5.74) is 1.20. The van der Waals surface area contributed by atoms with E-state index in [0.717, 1.165) is 39.0 Å². The minimum atomic E-state index is 0.359. The van der Waals surface area contributed by atoms with Crippen LogP contribution in [0.4, 0.5) is 0 Å². The summed E-state index contributed by atoms with van der Waals surface area (Å²) in [4.78, 5) is 4.90. The first-order chi connectivity index (χ1) is 10.1. The molecule has 4 heteroatoms. The molecule has 0 spiro atoms. The second kappa shape index (κ2) is 7.78. The highest BCUT2D eigenvalue weighted by molar-refractivity contribution is 5.27. The smallest absolute Gasteiger partial charge is 0.115 e. The Kier molecular flexibility index (Phi) is 6.03. The molecule has 2 unspecified atom stereocenters. The quantitative estimate of drug-likeness (QED) is 0.834. The van der Waals surface area contributed by atoms with Gasteiger partial charge in [-0.05, 0) is 51.2 Å². The van der Waals surface area contributed by atoms with Crippen LogP contribution in [0.3, 0.4) is 0 Å². The van der Waals surface area contributed by atoms with Crippen LogP contribution in [-0.4, -0.2) is 67.3 Å². The van der Waals surface area contributed by atoms with E-state index in [1.54, 1.807) is 6.07 Å². The Morgan fingerprint density at radius 2 is 2.14 bits per heavy atom. The first-order valence-electron chi connectivity index (χ1n) is 7.98. The number of phenolic OH excluding ortho intramolecular Hbond substituents is 1. The van der Waals surface area contributed by atoms with Crippen molar-refractivity contribution >= 4 is 0 Å². The fourth-order valence-electron chi connectivity index (χ4n) is 3.18. The number of nitrogens with zero attached hydrogens (tertiary/aromatic N) is 2. The van der Waals surface area contributed by atoms with E-state index >= 15 is 0 Å². The molecule has 1 aromatic rings. The standard InChI is InChI=1S/C17H29N3O/c1-4-18-15(10-14-6-5-7-17(21)11-14)12-16-13-19(2)8-9-20(16)3/h5-7,11,15-16,18,21H,4,8-10,12-13H2,1-3H3. The lowest BCUT2D eigenvalue weighted by molar-refractivity contribution is 0.101. The van der Waals surface area contributed by atoms with E-state index < -0.39 is 0 Å². The molecule has 1 fully saturated rings. The predicted octanol–water partition coefficient (Wildman–Crippen LogP) is 1.55. The van der Waals surface area contributed by atoms with E-state index in [4.69, 9.17) is 0 Å². The molecule has 4 nitrogen and oxygen atoms in total. The number of hydrogen-bond donors (Lipinski definition) is 2. The third kappa shape index (κ3) is 4.99. The summed E-state index contributed by atoms with van der Waals surface area (Å²) in [6, 6.07) is 8.69. The fraction of sp³-hybridized carbons (Fsp3) is 0.647. The summed E-state index contributed by atoms with van der Waals surface area (Å²) in [5.74, 6) is 0.359. The topological polar surface area (TPSA) is 38.7 Å². The van der Waals surface area contributed by atoms with Crippen LogP contribution in [0.15, 0.2) is 24.3 Å². The van der Waals surface area contributed by atoms with E-state index in [0.29, 0.717) is 17.8 Å². The molecule has 1 saturated heterocycles. The van der Waals surface area contributed by atoms with Crippen molar-refractivity contribution < 1.29 is 5.11 Å². The molecule has 2 N–H and O–H groups in total. The van der Waals surface area contributed by atoms with Gasteiger partial charge in [0.05, 0.1) is 0 Å². The van der Waals surface area contributed by atoms with Gasteiger partial charge in [-0.1, -0.05) is 19.1 Å². The van der Waals surface area contributed by atoms with Crippen LogP contribution in [0.5, 0.6) is 5.75 Å². The van der Waals surface area contributed by atoms with Gasteiger partial charge in [-0.15, -0.1) is 0 Å². The zero-order valence-corrected chi connectivity index (χ0v) is 13.5. The van der Waals surface area contributed by atoms with Gasteiger partial charge >= 0.3 is 0 Å². The number of phenols is 1. The van der Waals surface area contributed by atoms with E-state index in [1.807, 2.05) is 12.1 Å². The van der Waals surface area contributed by atoms with Gasteiger partial charge in [-0.2, -0.15) is 0 Å². The van der Waals surface area contributed by atoms with Gasteiger partial charge in [-0.25, -0.2) is 0 Å². The molecule has 0 bridgehead atoms. The summed E-state index contributed by atoms with van der Waals surface area (Å²) in [6.07, 6.45) is 2.11. The zero-order valence-electron chi connectivity index (χ0n) is 13.5. The summed E-state index contributed by atoms with van der Waals surface area (Å²) >= 11 is 0. The molecular weight excluding hydrogens is 262 g/mol. The Labute approximate surface area is 128 Å². The largest absolute Gasteiger partial charge is 0.508 e. The average Bonchev–Trinajstić information content (AvgIpc) is 2.43. The summed E-state index contributed by atoms with van der Waals surface area (Å²) in [7, 11) is 4.44. The highest BCUT2D eigenvalue weighted by atomic mass is 16.3. The first-order valence-corrected chi connectivity index (χ1v) is 7.98. The van der Waals surface area contributed by atoms with Crippen LogP contribution < -0.4 is 5.32 Å². The van der Waals surface area contributed by atoms with Gasteiger partial charge in [0.15, 0.2) is 0 Å². The maximum atomic E-state index is 9.62. The van der Waals surface area contributed by atoms with Crippen molar-refractivity contribution in [2.24, 2.45) is 0 Å². The number of benzene rings is 1. The molecule has 0 radical (unpaired) electrons. The molecule has 0 aliphatic carbocycles. The van der Waals surface area contributed by atoms with Gasteiger partial charge in [0.2, 0.25) is 0 Å². The maximum absolute atomic E-state index is 9.62. The van der Waals surface area contributed by atoms with Crippen molar-refractivity contribution in [1.29, 1.82) is 0 Å². The summed E-state index contributed by atoms with van der Waals surface area (Å²) in [6.45, 7) is 6.58. The molecule has 118 valence electrons. The average molecular weight is 291 g/mol. The highest BCUT2D eigenvalue weighted by Gasteiger charge is 2.25. The Balaban J connectivity index is 1.98. The second-order valence-corrected chi connectivity index (χ2v) is 6.26. The predicted molar refractivity (Wildman–Crippen MR) is 87.8 cm³/mol. The molecule has 1 heterocycles. The van der Waals surface area contributed by atoms with Crippen molar-refractivity contribution in [1.82, 2.24) is 15.1 Å². The van der Waals surface area contributed by atoms with Crippen LogP contribution >= 0.6 is 0 Å². The number of aromatic hydroxyl groups is 1. The Morgan fingerprint density at radius 3 is 2.86 bits per heavy atom. The molecule has 1 aromatic carbocycles. The fourth-order valence-corrected chi connectivity index (χ4v) is 3.18. The van der Waals surface area contributed by atoms with Gasteiger partial charge in [0.1, 0.15) is 5.75 Å². The SMILES string of the molecule is CCNC(Cc1cccc(O)c1)CC1CN(C)CCN1C. The number of nitrogens with one attached hydrogen (secondary N) is 1. The lowest BCUT2D eigenvalue weighted by Gasteiger charge is -2.39. The molecule has 0 saturated carbocycles. The lowest BCUT2D eigenvalue weighted by atomic mass is 9.97. The summed E-state index contributed by atoms with van der Waals surface area (Å²) in [5, 5.41) is 13.2. The van der Waals surface area contributed by atoms with Gasteiger partial charge in [0, 0.05) is 31.7 Å². The van der Waals surface area contributed by atoms with Gasteiger partial charge in [0.25, 0.3) is 0 Å². The normalized spacial score (nSPS) is 22.3. The van der Waals surface area contributed by atoms with Gasteiger partial charge in [-0.3, -0.25) is 0 Å². The van der Waals surface area contributed by atoms with Crippen LogP contribution in [0.2, 0.25) is 0 Å². The van der Waals surface area contributed by atoms with Gasteiger partial charge < -0.3 is 20.2 Å². The van der Waals surface area contributed by atoms with Crippen molar-refractivity contribution in [2.75, 3.05) is 40.3 Å². The van der Waals surface area contributed by atoms with Crippen molar-refractivity contribution in [3.8, 4) is 5.75 Å². The minimum absolute atomic E-state index is 0.359. The van der Waals surface area contributed by atoms with E-state index in [2.05, 4.69) is 42.2 Å². The molecule has 1 aliphatic rings. The molecule has 0 aromatic heterocycles. The van der Waals surface area contributed by atoms with E-state index in [1.165, 1.54) is 5.56 Å². The van der Waals surface area contributed by atoms with E-state index in [9.17, 15) is 5.11 Å². The number of hydrogen-bond acceptors (Lipinski definition) is 4. The Morgan fingerprint density at radius 1 is 1.33 bits per heavy atom. The molecule has 0 amide bonds. The Hall–Kier alpha value is -1.10. The Bertz CT molecular complexity index is 438. The number of piperazine rings is 1. The van der Waals surface area contributed by atoms with Crippen molar-refractivity contribution in [3.63, 3.8) is 0 Å².